The normalized spacial score (nSPS) is 26.4. The van der Waals surface area contributed by atoms with Crippen molar-refractivity contribution in [2.24, 2.45) is 0 Å². The van der Waals surface area contributed by atoms with E-state index in [0.717, 1.165) is 18.8 Å². The van der Waals surface area contributed by atoms with Crippen LogP contribution in [0.2, 0.25) is 0 Å². The van der Waals surface area contributed by atoms with E-state index in [1.165, 1.54) is 19.3 Å². The van der Waals surface area contributed by atoms with Gasteiger partial charge in [-0.05, 0) is 53.4 Å². The van der Waals surface area contributed by atoms with Gasteiger partial charge in [0.25, 0.3) is 0 Å². The summed E-state index contributed by atoms with van der Waals surface area (Å²) in [6.07, 6.45) is 5.10. The summed E-state index contributed by atoms with van der Waals surface area (Å²) in [6.45, 7) is 10.6. The molecule has 0 aromatic heterocycles. The SMILES string of the molecule is CC1(C)CCCC(C)(C)N1CCCCl. The lowest BCUT2D eigenvalue weighted by atomic mass is 9.80. The van der Waals surface area contributed by atoms with Gasteiger partial charge in [-0.1, -0.05) is 0 Å². The Hall–Kier alpha value is 0.250. The van der Waals surface area contributed by atoms with Crippen LogP contribution in [-0.4, -0.2) is 28.4 Å². The number of piperidine rings is 1. The van der Waals surface area contributed by atoms with Crippen molar-refractivity contribution in [3.63, 3.8) is 0 Å². The molecule has 1 rings (SSSR count). The third-order valence-corrected chi connectivity index (χ3v) is 3.82. The van der Waals surface area contributed by atoms with Gasteiger partial charge in [-0.3, -0.25) is 4.90 Å². The molecular formula is C12H24ClN. The van der Waals surface area contributed by atoms with E-state index < -0.39 is 0 Å². The van der Waals surface area contributed by atoms with Crippen LogP contribution in [-0.2, 0) is 0 Å². The van der Waals surface area contributed by atoms with Crippen molar-refractivity contribution in [2.75, 3.05) is 12.4 Å². The number of nitrogens with zero attached hydrogens (tertiary/aromatic N) is 1. The second kappa shape index (κ2) is 4.40. The fourth-order valence-corrected chi connectivity index (χ4v) is 2.99. The minimum atomic E-state index is 0.355. The van der Waals surface area contributed by atoms with Crippen molar-refractivity contribution in [1.29, 1.82) is 0 Å². The first-order valence-corrected chi connectivity index (χ1v) is 6.27. The maximum Gasteiger partial charge on any atom is 0.0235 e. The van der Waals surface area contributed by atoms with Crippen molar-refractivity contribution in [1.82, 2.24) is 4.90 Å². The van der Waals surface area contributed by atoms with Crippen LogP contribution in [0.1, 0.15) is 53.4 Å². The van der Waals surface area contributed by atoms with Crippen molar-refractivity contribution < 1.29 is 0 Å². The first kappa shape index (κ1) is 12.3. The van der Waals surface area contributed by atoms with Crippen LogP contribution in [0.3, 0.4) is 0 Å². The van der Waals surface area contributed by atoms with Crippen LogP contribution in [0.5, 0.6) is 0 Å². The third kappa shape index (κ3) is 2.64. The maximum absolute atomic E-state index is 5.78. The molecule has 0 aromatic carbocycles. The standard InChI is InChI=1S/C12H24ClN/c1-11(2)7-5-8-12(3,4)14(11)10-6-9-13/h5-10H2,1-4H3. The van der Waals surface area contributed by atoms with Crippen molar-refractivity contribution in [2.45, 2.75) is 64.5 Å². The van der Waals surface area contributed by atoms with Gasteiger partial charge in [0.1, 0.15) is 0 Å². The molecule has 0 unspecified atom stereocenters. The van der Waals surface area contributed by atoms with Crippen LogP contribution in [0.15, 0.2) is 0 Å². The van der Waals surface area contributed by atoms with Gasteiger partial charge < -0.3 is 0 Å². The molecule has 14 heavy (non-hydrogen) atoms. The van der Waals surface area contributed by atoms with E-state index in [1.807, 2.05) is 0 Å². The summed E-state index contributed by atoms with van der Waals surface area (Å²) in [5, 5.41) is 0. The molecule has 0 spiro atoms. The van der Waals surface area contributed by atoms with Crippen LogP contribution >= 0.6 is 11.6 Å². The average molecular weight is 218 g/mol. The summed E-state index contributed by atoms with van der Waals surface area (Å²) >= 11 is 5.78. The highest BCUT2D eigenvalue weighted by Crippen LogP contribution is 2.37. The smallest absolute Gasteiger partial charge is 0.0235 e. The number of alkyl halides is 1. The van der Waals surface area contributed by atoms with E-state index in [0.29, 0.717) is 11.1 Å². The summed E-state index contributed by atoms with van der Waals surface area (Å²) in [5.41, 5.74) is 0.710. The van der Waals surface area contributed by atoms with E-state index in [9.17, 15) is 0 Å². The monoisotopic (exact) mass is 217 g/mol. The summed E-state index contributed by atoms with van der Waals surface area (Å²) in [7, 11) is 0. The zero-order valence-corrected chi connectivity index (χ0v) is 10.8. The predicted molar refractivity (Wildman–Crippen MR) is 64.1 cm³/mol. The Balaban J connectivity index is 2.70. The zero-order valence-electron chi connectivity index (χ0n) is 10.1. The van der Waals surface area contributed by atoms with Crippen LogP contribution < -0.4 is 0 Å². The first-order chi connectivity index (χ1) is 6.40. The molecule has 0 radical (unpaired) electrons. The van der Waals surface area contributed by atoms with Gasteiger partial charge in [0.15, 0.2) is 0 Å². The van der Waals surface area contributed by atoms with Crippen LogP contribution in [0.4, 0.5) is 0 Å². The molecule has 1 nitrogen and oxygen atoms in total. The van der Waals surface area contributed by atoms with E-state index in [2.05, 4.69) is 32.6 Å². The van der Waals surface area contributed by atoms with Gasteiger partial charge in [0.2, 0.25) is 0 Å². The first-order valence-electron chi connectivity index (χ1n) is 5.74. The number of hydrogen-bond acceptors (Lipinski definition) is 1. The Labute approximate surface area is 93.8 Å². The second-order valence-corrected chi connectivity index (χ2v) is 6.05. The molecule has 0 aliphatic carbocycles. The van der Waals surface area contributed by atoms with Gasteiger partial charge in [0, 0.05) is 23.5 Å². The summed E-state index contributed by atoms with van der Waals surface area (Å²) in [5.74, 6) is 0.780. The third-order valence-electron chi connectivity index (χ3n) is 3.55. The van der Waals surface area contributed by atoms with Gasteiger partial charge in [-0.25, -0.2) is 0 Å². The zero-order chi connectivity index (χ0) is 10.8. The van der Waals surface area contributed by atoms with E-state index in [1.54, 1.807) is 0 Å². The van der Waals surface area contributed by atoms with Gasteiger partial charge in [-0.15, -0.1) is 11.6 Å². The lowest BCUT2D eigenvalue weighted by Gasteiger charge is -2.53. The Morgan fingerprint density at radius 2 is 1.57 bits per heavy atom. The molecule has 2 heteroatoms. The minimum absolute atomic E-state index is 0.355. The van der Waals surface area contributed by atoms with Gasteiger partial charge in [0.05, 0.1) is 0 Å². The number of halogens is 1. The van der Waals surface area contributed by atoms with Crippen molar-refractivity contribution >= 4 is 11.6 Å². The molecule has 0 aromatic rings. The molecule has 84 valence electrons. The molecule has 0 bridgehead atoms. The number of hydrogen-bond donors (Lipinski definition) is 0. The lowest BCUT2D eigenvalue weighted by Crippen LogP contribution is -2.58. The fourth-order valence-electron chi connectivity index (χ4n) is 2.87. The quantitative estimate of drug-likeness (QED) is 0.653. The topological polar surface area (TPSA) is 3.24 Å². The van der Waals surface area contributed by atoms with E-state index in [-0.39, 0.29) is 0 Å². The average Bonchev–Trinajstić information content (AvgIpc) is 2.01. The minimum Gasteiger partial charge on any atom is -0.293 e. The molecule has 1 heterocycles. The maximum atomic E-state index is 5.78. The molecule has 1 aliphatic heterocycles. The highest BCUT2D eigenvalue weighted by molar-refractivity contribution is 6.17. The Bertz CT molecular complexity index is 171. The highest BCUT2D eigenvalue weighted by atomic mass is 35.5. The molecule has 0 saturated carbocycles. The van der Waals surface area contributed by atoms with Gasteiger partial charge >= 0.3 is 0 Å². The summed E-state index contributed by atoms with van der Waals surface area (Å²) in [4.78, 5) is 2.64. The molecule has 0 N–H and O–H groups in total. The molecule has 1 fully saturated rings. The molecular weight excluding hydrogens is 194 g/mol. The lowest BCUT2D eigenvalue weighted by molar-refractivity contribution is -0.0261. The number of likely N-dealkylation sites (tertiary alicyclic amines) is 1. The summed E-state index contributed by atoms with van der Waals surface area (Å²) < 4.78 is 0. The second-order valence-electron chi connectivity index (χ2n) is 5.67. The summed E-state index contributed by atoms with van der Waals surface area (Å²) in [6, 6.07) is 0. The van der Waals surface area contributed by atoms with E-state index in [4.69, 9.17) is 11.6 Å². The van der Waals surface area contributed by atoms with Crippen molar-refractivity contribution in [3.05, 3.63) is 0 Å². The molecule has 0 amide bonds. The number of rotatable bonds is 3. The molecule has 1 saturated heterocycles. The Kier molecular flexibility index (Phi) is 3.87. The van der Waals surface area contributed by atoms with Crippen molar-refractivity contribution in [3.8, 4) is 0 Å². The van der Waals surface area contributed by atoms with E-state index >= 15 is 0 Å². The Morgan fingerprint density at radius 1 is 1.07 bits per heavy atom. The largest absolute Gasteiger partial charge is 0.293 e. The highest BCUT2D eigenvalue weighted by Gasteiger charge is 2.40. The van der Waals surface area contributed by atoms with Crippen LogP contribution in [0.25, 0.3) is 0 Å². The molecule has 0 atom stereocenters. The Morgan fingerprint density at radius 3 is 2.00 bits per heavy atom. The molecule has 1 aliphatic rings. The van der Waals surface area contributed by atoms with Gasteiger partial charge in [-0.2, -0.15) is 0 Å². The predicted octanol–water partition coefficient (Wildman–Crippen LogP) is 3.66. The van der Waals surface area contributed by atoms with Crippen LogP contribution in [0, 0.1) is 0 Å². The fraction of sp³-hybridized carbons (Fsp3) is 1.00.